The van der Waals surface area contributed by atoms with Crippen LogP contribution in [0.3, 0.4) is 0 Å². The number of methoxy groups -OCH3 is 1. The Labute approximate surface area is 157 Å². The Balaban J connectivity index is 2.19. The highest BCUT2D eigenvalue weighted by Crippen LogP contribution is 2.50. The third-order valence-electron chi connectivity index (χ3n) is 4.66. The maximum atomic E-state index is 12.8. The lowest BCUT2D eigenvalue weighted by Crippen LogP contribution is -2.30. The van der Waals surface area contributed by atoms with Gasteiger partial charge in [-0.15, -0.1) is 0 Å². The van der Waals surface area contributed by atoms with Crippen molar-refractivity contribution in [2.24, 2.45) is 0 Å². The van der Waals surface area contributed by atoms with E-state index in [0.717, 1.165) is 18.4 Å². The van der Waals surface area contributed by atoms with Crippen LogP contribution in [0.4, 0.5) is 4.79 Å². The molecule has 0 unspecified atom stereocenters. The SMILES string of the molecule is CCOC(=O)OC1=C(c2c(Cl)cc(C)cc2OC)C(=O)OC12CCCC2. The molecular formula is C19H21ClO6. The number of hydrogen-bond donors (Lipinski definition) is 0. The van der Waals surface area contributed by atoms with E-state index in [0.29, 0.717) is 29.2 Å². The second-order valence-electron chi connectivity index (χ2n) is 6.40. The maximum absolute atomic E-state index is 12.8. The van der Waals surface area contributed by atoms with Crippen molar-refractivity contribution in [3.8, 4) is 5.75 Å². The molecule has 1 aromatic rings. The van der Waals surface area contributed by atoms with Crippen molar-refractivity contribution in [2.75, 3.05) is 13.7 Å². The third-order valence-corrected chi connectivity index (χ3v) is 4.96. The average molecular weight is 381 g/mol. The van der Waals surface area contributed by atoms with Gasteiger partial charge >= 0.3 is 12.1 Å². The molecule has 0 radical (unpaired) electrons. The maximum Gasteiger partial charge on any atom is 0.513 e. The van der Waals surface area contributed by atoms with E-state index in [9.17, 15) is 9.59 Å². The summed E-state index contributed by atoms with van der Waals surface area (Å²) in [7, 11) is 1.49. The van der Waals surface area contributed by atoms with Crippen molar-refractivity contribution in [1.82, 2.24) is 0 Å². The molecule has 1 aromatic carbocycles. The smallest absolute Gasteiger partial charge is 0.496 e. The van der Waals surface area contributed by atoms with Gasteiger partial charge in [0.2, 0.25) is 0 Å². The van der Waals surface area contributed by atoms with Crippen LogP contribution in [0.25, 0.3) is 5.57 Å². The second kappa shape index (κ2) is 7.19. The normalized spacial score (nSPS) is 18.2. The Morgan fingerprint density at radius 1 is 1.31 bits per heavy atom. The fourth-order valence-corrected chi connectivity index (χ4v) is 3.93. The zero-order chi connectivity index (χ0) is 18.9. The molecule has 2 aliphatic rings. The monoisotopic (exact) mass is 380 g/mol. The Morgan fingerprint density at radius 3 is 2.62 bits per heavy atom. The van der Waals surface area contributed by atoms with E-state index < -0.39 is 17.7 Å². The Hall–Kier alpha value is -2.21. The van der Waals surface area contributed by atoms with Gasteiger partial charge < -0.3 is 18.9 Å². The van der Waals surface area contributed by atoms with Crippen LogP contribution < -0.4 is 4.74 Å². The number of rotatable bonds is 4. The lowest BCUT2D eigenvalue weighted by atomic mass is 9.94. The van der Waals surface area contributed by atoms with Crippen LogP contribution in [-0.4, -0.2) is 31.4 Å². The summed E-state index contributed by atoms with van der Waals surface area (Å²) in [4.78, 5) is 24.8. The summed E-state index contributed by atoms with van der Waals surface area (Å²) in [5.41, 5.74) is 0.430. The molecule has 1 aliphatic heterocycles. The quantitative estimate of drug-likeness (QED) is 0.720. The van der Waals surface area contributed by atoms with Gasteiger partial charge in [0.15, 0.2) is 11.4 Å². The Bertz CT molecular complexity index is 776. The van der Waals surface area contributed by atoms with Crippen LogP contribution in [0.15, 0.2) is 17.9 Å². The predicted molar refractivity (Wildman–Crippen MR) is 95.1 cm³/mol. The van der Waals surface area contributed by atoms with E-state index in [1.165, 1.54) is 7.11 Å². The first-order valence-corrected chi connectivity index (χ1v) is 8.97. The van der Waals surface area contributed by atoms with E-state index in [1.807, 2.05) is 6.92 Å². The van der Waals surface area contributed by atoms with Crippen LogP contribution in [-0.2, 0) is 19.0 Å². The van der Waals surface area contributed by atoms with Crippen molar-refractivity contribution >= 4 is 29.3 Å². The number of esters is 1. The Kier molecular flexibility index (Phi) is 5.14. The highest BCUT2D eigenvalue weighted by Gasteiger charge is 2.53. The van der Waals surface area contributed by atoms with Crippen molar-refractivity contribution in [3.63, 3.8) is 0 Å². The molecule has 1 heterocycles. The molecule has 0 N–H and O–H groups in total. The molecule has 1 fully saturated rings. The summed E-state index contributed by atoms with van der Waals surface area (Å²) in [6.07, 6.45) is 2.04. The van der Waals surface area contributed by atoms with Gasteiger partial charge in [0.1, 0.15) is 11.3 Å². The molecule has 140 valence electrons. The molecule has 1 spiro atoms. The molecule has 26 heavy (non-hydrogen) atoms. The molecular weight excluding hydrogens is 360 g/mol. The first kappa shape index (κ1) is 18.6. The molecule has 1 saturated carbocycles. The minimum Gasteiger partial charge on any atom is -0.496 e. The molecule has 0 amide bonds. The van der Waals surface area contributed by atoms with E-state index in [2.05, 4.69) is 0 Å². The van der Waals surface area contributed by atoms with E-state index in [-0.39, 0.29) is 17.9 Å². The van der Waals surface area contributed by atoms with Gasteiger partial charge in [-0.1, -0.05) is 11.6 Å². The standard InChI is InChI=1S/C19H21ClO6/c1-4-24-18(22)25-16-15(17(21)26-19(16)7-5-6-8-19)14-12(20)9-11(2)10-13(14)23-3/h9-10H,4-8H2,1-3H3. The minimum absolute atomic E-state index is 0.127. The van der Waals surface area contributed by atoms with Gasteiger partial charge in [-0.25, -0.2) is 9.59 Å². The average Bonchev–Trinajstić information content (AvgIpc) is 3.14. The van der Waals surface area contributed by atoms with Crippen LogP contribution in [0.5, 0.6) is 5.75 Å². The zero-order valence-electron chi connectivity index (χ0n) is 15.0. The number of carbonyl (C=O) groups is 2. The number of hydrogen-bond acceptors (Lipinski definition) is 6. The molecule has 6 nitrogen and oxygen atoms in total. The van der Waals surface area contributed by atoms with Crippen LogP contribution in [0.1, 0.15) is 43.7 Å². The van der Waals surface area contributed by atoms with E-state index in [4.69, 9.17) is 30.5 Å². The van der Waals surface area contributed by atoms with Crippen LogP contribution >= 0.6 is 11.6 Å². The van der Waals surface area contributed by atoms with Gasteiger partial charge in [-0.2, -0.15) is 0 Å². The summed E-state index contributed by atoms with van der Waals surface area (Å²) in [6.45, 7) is 3.71. The highest BCUT2D eigenvalue weighted by molar-refractivity contribution is 6.35. The summed E-state index contributed by atoms with van der Waals surface area (Å²) >= 11 is 6.42. The second-order valence-corrected chi connectivity index (χ2v) is 6.81. The van der Waals surface area contributed by atoms with Gasteiger partial charge in [0, 0.05) is 0 Å². The van der Waals surface area contributed by atoms with Crippen molar-refractivity contribution < 1.29 is 28.5 Å². The van der Waals surface area contributed by atoms with E-state index >= 15 is 0 Å². The molecule has 0 atom stereocenters. The highest BCUT2D eigenvalue weighted by atomic mass is 35.5. The lowest BCUT2D eigenvalue weighted by molar-refractivity contribution is -0.146. The van der Waals surface area contributed by atoms with Gasteiger partial charge in [0.25, 0.3) is 0 Å². The summed E-state index contributed by atoms with van der Waals surface area (Å²) in [6, 6.07) is 3.49. The summed E-state index contributed by atoms with van der Waals surface area (Å²) < 4.78 is 21.5. The topological polar surface area (TPSA) is 71.1 Å². The fourth-order valence-electron chi connectivity index (χ4n) is 3.57. The number of ether oxygens (including phenoxy) is 4. The molecule has 0 bridgehead atoms. The van der Waals surface area contributed by atoms with Gasteiger partial charge in [-0.3, -0.25) is 0 Å². The van der Waals surface area contributed by atoms with Crippen LogP contribution in [0, 0.1) is 6.92 Å². The van der Waals surface area contributed by atoms with Crippen molar-refractivity contribution in [1.29, 1.82) is 0 Å². The largest absolute Gasteiger partial charge is 0.513 e. The molecule has 0 aromatic heterocycles. The van der Waals surface area contributed by atoms with E-state index in [1.54, 1.807) is 19.1 Å². The third kappa shape index (κ3) is 3.14. The predicted octanol–water partition coefficient (Wildman–Crippen LogP) is 4.41. The molecule has 3 rings (SSSR count). The van der Waals surface area contributed by atoms with Crippen LogP contribution in [0.2, 0.25) is 5.02 Å². The molecule has 0 saturated heterocycles. The van der Waals surface area contributed by atoms with Crippen molar-refractivity contribution in [2.45, 2.75) is 45.1 Å². The lowest BCUT2D eigenvalue weighted by Gasteiger charge is -2.24. The number of halogens is 1. The molecule has 7 heteroatoms. The summed E-state index contributed by atoms with van der Waals surface area (Å²) in [5, 5.41) is 0.328. The summed E-state index contributed by atoms with van der Waals surface area (Å²) in [5.74, 6) is 0.0136. The minimum atomic E-state index is -0.946. The van der Waals surface area contributed by atoms with Gasteiger partial charge in [0.05, 0.1) is 24.3 Å². The Morgan fingerprint density at radius 2 is 2.00 bits per heavy atom. The van der Waals surface area contributed by atoms with Crippen molar-refractivity contribution in [3.05, 3.63) is 34.0 Å². The number of aryl methyl sites for hydroxylation is 1. The fraction of sp³-hybridized carbons (Fsp3) is 0.474. The molecule has 1 aliphatic carbocycles. The first-order valence-electron chi connectivity index (χ1n) is 8.59. The number of carbonyl (C=O) groups excluding carboxylic acids is 2. The van der Waals surface area contributed by atoms with Gasteiger partial charge in [-0.05, 0) is 57.2 Å². The number of benzene rings is 1. The zero-order valence-corrected chi connectivity index (χ0v) is 15.8. The first-order chi connectivity index (χ1) is 12.4.